The number of thioether (sulfide) groups is 1. The standard InChI is InChI=1S/C18H17ClN4O3S/c19-14-4-2-1-3-12(14)9-15-17(25)23(18(26)27-15)8-6-16(24)21-7-5-13-10-20-11-22-13/h1-4,9-11H,5-8H2,(H,20,22)(H,21,24). The van der Waals surface area contributed by atoms with E-state index in [1.54, 1.807) is 42.9 Å². The summed E-state index contributed by atoms with van der Waals surface area (Å²) in [5.74, 6) is -0.626. The number of benzene rings is 1. The first-order chi connectivity index (χ1) is 13.0. The Balaban J connectivity index is 1.51. The first kappa shape index (κ1) is 19.2. The molecule has 1 aliphatic rings. The summed E-state index contributed by atoms with van der Waals surface area (Å²) in [6, 6.07) is 7.07. The molecule has 0 spiro atoms. The van der Waals surface area contributed by atoms with Crippen LogP contribution in [0.25, 0.3) is 6.08 Å². The Morgan fingerprint density at radius 2 is 2.15 bits per heavy atom. The number of imide groups is 1. The molecule has 0 atom stereocenters. The molecule has 2 heterocycles. The number of carbonyl (C=O) groups is 3. The number of nitrogens with one attached hydrogen (secondary N) is 2. The van der Waals surface area contributed by atoms with Crippen LogP contribution in [0.2, 0.25) is 5.02 Å². The molecule has 1 aromatic carbocycles. The zero-order chi connectivity index (χ0) is 19.2. The van der Waals surface area contributed by atoms with Crippen molar-refractivity contribution in [1.82, 2.24) is 20.2 Å². The normalized spacial score (nSPS) is 15.6. The maximum absolute atomic E-state index is 12.4. The Kier molecular flexibility index (Phi) is 6.31. The lowest BCUT2D eigenvalue weighted by Crippen LogP contribution is -2.34. The van der Waals surface area contributed by atoms with Crippen molar-refractivity contribution < 1.29 is 14.4 Å². The summed E-state index contributed by atoms with van der Waals surface area (Å²) in [4.78, 5) is 44.7. The van der Waals surface area contributed by atoms with E-state index < -0.39 is 5.91 Å². The third-order valence-corrected chi connectivity index (χ3v) is 5.15. The van der Waals surface area contributed by atoms with Gasteiger partial charge in [-0.05, 0) is 29.5 Å². The minimum atomic E-state index is -0.407. The van der Waals surface area contributed by atoms with Gasteiger partial charge in [0, 0.05) is 42.8 Å². The second-order valence-corrected chi connectivity index (χ2v) is 7.18. The predicted octanol–water partition coefficient (Wildman–Crippen LogP) is 2.85. The molecule has 0 bridgehead atoms. The van der Waals surface area contributed by atoms with Gasteiger partial charge >= 0.3 is 0 Å². The zero-order valence-electron chi connectivity index (χ0n) is 14.3. The number of amides is 3. The van der Waals surface area contributed by atoms with E-state index in [1.807, 2.05) is 0 Å². The van der Waals surface area contributed by atoms with E-state index in [2.05, 4.69) is 15.3 Å². The van der Waals surface area contributed by atoms with Crippen LogP contribution in [0.3, 0.4) is 0 Å². The number of H-pyrrole nitrogens is 1. The minimum absolute atomic E-state index is 0.0421. The highest BCUT2D eigenvalue weighted by atomic mass is 35.5. The van der Waals surface area contributed by atoms with Crippen LogP contribution in [0.15, 0.2) is 41.7 Å². The Bertz CT molecular complexity index is 882. The van der Waals surface area contributed by atoms with E-state index in [0.717, 1.165) is 22.4 Å². The Labute approximate surface area is 165 Å². The minimum Gasteiger partial charge on any atom is -0.356 e. The molecule has 9 heteroatoms. The van der Waals surface area contributed by atoms with Crippen LogP contribution in [0, 0.1) is 0 Å². The maximum atomic E-state index is 12.4. The van der Waals surface area contributed by atoms with E-state index in [1.165, 1.54) is 0 Å². The molecular weight excluding hydrogens is 388 g/mol. The number of imidazole rings is 1. The molecule has 140 valence electrons. The number of hydrogen-bond acceptors (Lipinski definition) is 5. The van der Waals surface area contributed by atoms with E-state index in [-0.39, 0.29) is 24.1 Å². The average molecular weight is 405 g/mol. The number of carbonyl (C=O) groups excluding carboxylic acids is 3. The van der Waals surface area contributed by atoms with Gasteiger partial charge in [-0.25, -0.2) is 4.98 Å². The number of aromatic amines is 1. The smallest absolute Gasteiger partial charge is 0.293 e. The molecule has 1 fully saturated rings. The van der Waals surface area contributed by atoms with Crippen molar-refractivity contribution in [2.75, 3.05) is 13.1 Å². The molecule has 2 aromatic rings. The van der Waals surface area contributed by atoms with Gasteiger partial charge in [0.05, 0.1) is 11.2 Å². The molecule has 2 N–H and O–H groups in total. The third-order valence-electron chi connectivity index (χ3n) is 3.90. The van der Waals surface area contributed by atoms with Crippen LogP contribution >= 0.6 is 23.4 Å². The predicted molar refractivity (Wildman–Crippen MR) is 104 cm³/mol. The van der Waals surface area contributed by atoms with Gasteiger partial charge < -0.3 is 10.3 Å². The summed E-state index contributed by atoms with van der Waals surface area (Å²) in [5.41, 5.74) is 1.59. The summed E-state index contributed by atoms with van der Waals surface area (Å²) in [7, 11) is 0. The number of rotatable bonds is 7. The number of hydrogen-bond donors (Lipinski definition) is 2. The molecule has 1 aliphatic heterocycles. The van der Waals surface area contributed by atoms with Crippen molar-refractivity contribution in [1.29, 1.82) is 0 Å². The Morgan fingerprint density at radius 3 is 2.89 bits per heavy atom. The molecule has 27 heavy (non-hydrogen) atoms. The molecule has 3 amide bonds. The average Bonchev–Trinajstić information content (AvgIpc) is 3.24. The van der Waals surface area contributed by atoms with E-state index in [9.17, 15) is 14.4 Å². The van der Waals surface area contributed by atoms with Crippen molar-refractivity contribution in [3.8, 4) is 0 Å². The summed E-state index contributed by atoms with van der Waals surface area (Å²) in [6.07, 6.45) is 5.55. The molecule has 7 nitrogen and oxygen atoms in total. The van der Waals surface area contributed by atoms with Gasteiger partial charge in [-0.2, -0.15) is 0 Å². The lowest BCUT2D eigenvalue weighted by atomic mass is 10.2. The van der Waals surface area contributed by atoms with Crippen LogP contribution in [0.4, 0.5) is 4.79 Å². The third kappa shape index (κ3) is 4.99. The van der Waals surface area contributed by atoms with E-state index >= 15 is 0 Å². The van der Waals surface area contributed by atoms with Gasteiger partial charge in [0.25, 0.3) is 11.1 Å². The van der Waals surface area contributed by atoms with Crippen molar-refractivity contribution in [2.45, 2.75) is 12.8 Å². The fourth-order valence-corrected chi connectivity index (χ4v) is 3.53. The fraction of sp³-hybridized carbons (Fsp3) is 0.222. The monoisotopic (exact) mass is 404 g/mol. The van der Waals surface area contributed by atoms with Gasteiger partial charge in [-0.15, -0.1) is 0 Å². The first-order valence-electron chi connectivity index (χ1n) is 8.28. The second-order valence-electron chi connectivity index (χ2n) is 5.78. The first-order valence-corrected chi connectivity index (χ1v) is 9.48. The molecule has 0 saturated carbocycles. The van der Waals surface area contributed by atoms with Crippen LogP contribution in [0.5, 0.6) is 0 Å². The van der Waals surface area contributed by atoms with Crippen LogP contribution in [0.1, 0.15) is 17.7 Å². The molecule has 0 radical (unpaired) electrons. The Hall–Kier alpha value is -2.58. The van der Waals surface area contributed by atoms with Crippen LogP contribution < -0.4 is 5.32 Å². The highest BCUT2D eigenvalue weighted by Crippen LogP contribution is 2.33. The topological polar surface area (TPSA) is 95.2 Å². The molecule has 3 rings (SSSR count). The number of nitrogens with zero attached hydrogens (tertiary/aromatic N) is 2. The maximum Gasteiger partial charge on any atom is 0.293 e. The van der Waals surface area contributed by atoms with Crippen molar-refractivity contribution in [2.24, 2.45) is 0 Å². The van der Waals surface area contributed by atoms with Crippen LogP contribution in [-0.4, -0.2) is 45.0 Å². The number of halogens is 1. The summed E-state index contributed by atoms with van der Waals surface area (Å²) in [5, 5.41) is 2.87. The lowest BCUT2D eigenvalue weighted by molar-refractivity contribution is -0.124. The molecule has 1 saturated heterocycles. The summed E-state index contributed by atoms with van der Waals surface area (Å²) < 4.78 is 0. The van der Waals surface area contributed by atoms with Gasteiger partial charge in [0.15, 0.2) is 0 Å². The largest absolute Gasteiger partial charge is 0.356 e. The summed E-state index contributed by atoms with van der Waals surface area (Å²) in [6.45, 7) is 0.496. The lowest BCUT2D eigenvalue weighted by Gasteiger charge is -2.12. The Morgan fingerprint density at radius 1 is 1.33 bits per heavy atom. The highest BCUT2D eigenvalue weighted by Gasteiger charge is 2.35. The summed E-state index contributed by atoms with van der Waals surface area (Å²) >= 11 is 6.94. The quantitative estimate of drug-likeness (QED) is 0.692. The molecule has 0 aliphatic carbocycles. The van der Waals surface area contributed by atoms with Crippen molar-refractivity contribution in [3.05, 3.63) is 58.0 Å². The zero-order valence-corrected chi connectivity index (χ0v) is 15.8. The van der Waals surface area contributed by atoms with Crippen LogP contribution in [-0.2, 0) is 16.0 Å². The number of aromatic nitrogens is 2. The van der Waals surface area contributed by atoms with Crippen molar-refractivity contribution in [3.63, 3.8) is 0 Å². The van der Waals surface area contributed by atoms with Crippen molar-refractivity contribution >= 4 is 46.5 Å². The van der Waals surface area contributed by atoms with E-state index in [0.29, 0.717) is 28.5 Å². The van der Waals surface area contributed by atoms with Gasteiger partial charge in [0.2, 0.25) is 5.91 Å². The molecule has 0 unspecified atom stereocenters. The van der Waals surface area contributed by atoms with Gasteiger partial charge in [0.1, 0.15) is 0 Å². The van der Waals surface area contributed by atoms with Gasteiger partial charge in [-0.1, -0.05) is 29.8 Å². The second kappa shape index (κ2) is 8.88. The molecular formula is C18H17ClN4O3S. The highest BCUT2D eigenvalue weighted by molar-refractivity contribution is 8.18. The fourth-order valence-electron chi connectivity index (χ4n) is 2.49. The van der Waals surface area contributed by atoms with Gasteiger partial charge in [-0.3, -0.25) is 19.3 Å². The SMILES string of the molecule is O=C(CCN1C(=O)SC(=Cc2ccccc2Cl)C1=O)NCCc1cnc[nH]1. The van der Waals surface area contributed by atoms with E-state index in [4.69, 9.17) is 11.6 Å². The molecule has 1 aromatic heterocycles.